The predicted molar refractivity (Wildman–Crippen MR) is 77.3 cm³/mol. The SMILES string of the molecule is CCC(N)(c1ccccc1)c1cccc2c1OCC2. The van der Waals surface area contributed by atoms with Gasteiger partial charge in [0.25, 0.3) is 0 Å². The summed E-state index contributed by atoms with van der Waals surface area (Å²) in [6.07, 6.45) is 1.83. The lowest BCUT2D eigenvalue weighted by Crippen LogP contribution is -2.37. The fourth-order valence-electron chi connectivity index (χ4n) is 2.85. The fourth-order valence-corrected chi connectivity index (χ4v) is 2.85. The van der Waals surface area contributed by atoms with Crippen molar-refractivity contribution in [3.8, 4) is 5.75 Å². The maximum absolute atomic E-state index is 6.73. The van der Waals surface area contributed by atoms with Crippen LogP contribution in [0.15, 0.2) is 48.5 Å². The molecule has 0 spiro atoms. The molecule has 0 amide bonds. The molecular formula is C17H19NO. The monoisotopic (exact) mass is 253 g/mol. The van der Waals surface area contributed by atoms with Crippen molar-refractivity contribution in [2.45, 2.75) is 25.3 Å². The van der Waals surface area contributed by atoms with Gasteiger partial charge in [-0.3, -0.25) is 0 Å². The standard InChI is InChI=1S/C17H19NO/c1-2-17(18,14-8-4-3-5-9-14)15-10-6-7-13-11-12-19-16(13)15/h3-10H,2,11-12,18H2,1H3. The lowest BCUT2D eigenvalue weighted by molar-refractivity contribution is 0.344. The van der Waals surface area contributed by atoms with E-state index in [1.54, 1.807) is 0 Å². The van der Waals surface area contributed by atoms with E-state index in [0.717, 1.165) is 36.3 Å². The van der Waals surface area contributed by atoms with Gasteiger partial charge in [0.15, 0.2) is 0 Å². The molecule has 2 aromatic carbocycles. The second kappa shape index (κ2) is 4.71. The molecular weight excluding hydrogens is 234 g/mol. The van der Waals surface area contributed by atoms with Gasteiger partial charge in [-0.15, -0.1) is 0 Å². The molecule has 0 bridgehead atoms. The van der Waals surface area contributed by atoms with Gasteiger partial charge in [0.05, 0.1) is 12.1 Å². The minimum atomic E-state index is -0.475. The van der Waals surface area contributed by atoms with Gasteiger partial charge in [0.1, 0.15) is 5.75 Å². The molecule has 2 heteroatoms. The summed E-state index contributed by atoms with van der Waals surface area (Å²) < 4.78 is 5.82. The summed E-state index contributed by atoms with van der Waals surface area (Å²) in [5, 5.41) is 0. The summed E-state index contributed by atoms with van der Waals surface area (Å²) in [6.45, 7) is 2.89. The van der Waals surface area contributed by atoms with Crippen LogP contribution in [0.1, 0.15) is 30.0 Å². The van der Waals surface area contributed by atoms with Gasteiger partial charge in [-0.25, -0.2) is 0 Å². The Bertz CT molecular complexity index is 579. The highest BCUT2D eigenvalue weighted by atomic mass is 16.5. The third-order valence-corrected chi connectivity index (χ3v) is 4.04. The third kappa shape index (κ3) is 1.92. The van der Waals surface area contributed by atoms with Gasteiger partial charge in [-0.2, -0.15) is 0 Å². The minimum absolute atomic E-state index is 0.475. The largest absolute Gasteiger partial charge is 0.493 e. The molecule has 3 rings (SSSR count). The Hall–Kier alpha value is -1.80. The molecule has 0 aromatic heterocycles. The Labute approximate surface area is 114 Å². The first-order valence-electron chi connectivity index (χ1n) is 6.85. The van der Waals surface area contributed by atoms with Crippen LogP contribution < -0.4 is 10.5 Å². The zero-order valence-electron chi connectivity index (χ0n) is 11.2. The zero-order valence-corrected chi connectivity index (χ0v) is 11.2. The molecule has 0 saturated heterocycles. The number of para-hydroxylation sites is 1. The molecule has 0 saturated carbocycles. The highest BCUT2D eigenvalue weighted by Crippen LogP contribution is 2.40. The summed E-state index contributed by atoms with van der Waals surface area (Å²) in [4.78, 5) is 0. The van der Waals surface area contributed by atoms with Gasteiger partial charge in [-0.1, -0.05) is 55.5 Å². The number of hydrogen-bond donors (Lipinski definition) is 1. The van der Waals surface area contributed by atoms with Crippen LogP contribution in [0.5, 0.6) is 5.75 Å². The first kappa shape index (κ1) is 12.2. The van der Waals surface area contributed by atoms with Crippen molar-refractivity contribution >= 4 is 0 Å². The summed E-state index contributed by atoms with van der Waals surface area (Å²) in [5.41, 5.74) is 9.78. The van der Waals surface area contributed by atoms with E-state index < -0.39 is 5.54 Å². The second-order valence-electron chi connectivity index (χ2n) is 5.08. The van der Waals surface area contributed by atoms with Gasteiger partial charge < -0.3 is 10.5 Å². The third-order valence-electron chi connectivity index (χ3n) is 4.04. The van der Waals surface area contributed by atoms with Crippen molar-refractivity contribution in [2.24, 2.45) is 5.73 Å². The average Bonchev–Trinajstić information content (AvgIpc) is 2.95. The summed E-state index contributed by atoms with van der Waals surface area (Å²) in [7, 11) is 0. The summed E-state index contributed by atoms with van der Waals surface area (Å²) >= 11 is 0. The first-order chi connectivity index (χ1) is 9.25. The van der Waals surface area contributed by atoms with Crippen LogP contribution in [0.25, 0.3) is 0 Å². The molecule has 98 valence electrons. The van der Waals surface area contributed by atoms with E-state index in [9.17, 15) is 0 Å². The smallest absolute Gasteiger partial charge is 0.128 e. The Morgan fingerprint density at radius 2 is 1.89 bits per heavy atom. The molecule has 1 heterocycles. The maximum Gasteiger partial charge on any atom is 0.128 e. The van der Waals surface area contributed by atoms with E-state index in [1.807, 2.05) is 18.2 Å². The van der Waals surface area contributed by atoms with E-state index in [0.29, 0.717) is 0 Å². The minimum Gasteiger partial charge on any atom is -0.493 e. The highest BCUT2D eigenvalue weighted by Gasteiger charge is 2.32. The molecule has 2 nitrogen and oxygen atoms in total. The van der Waals surface area contributed by atoms with E-state index in [1.165, 1.54) is 5.56 Å². The molecule has 2 N–H and O–H groups in total. The van der Waals surface area contributed by atoms with Gasteiger partial charge >= 0.3 is 0 Å². The Morgan fingerprint density at radius 3 is 2.63 bits per heavy atom. The summed E-state index contributed by atoms with van der Waals surface area (Å²) in [5.74, 6) is 0.996. The van der Waals surface area contributed by atoms with E-state index >= 15 is 0 Å². The molecule has 1 unspecified atom stereocenters. The molecule has 1 aliphatic rings. The quantitative estimate of drug-likeness (QED) is 0.911. The number of nitrogens with two attached hydrogens (primary N) is 1. The van der Waals surface area contributed by atoms with Gasteiger partial charge in [-0.05, 0) is 17.5 Å². The second-order valence-corrected chi connectivity index (χ2v) is 5.08. The van der Waals surface area contributed by atoms with Crippen molar-refractivity contribution in [1.82, 2.24) is 0 Å². The highest BCUT2D eigenvalue weighted by molar-refractivity contribution is 5.51. The van der Waals surface area contributed by atoms with Gasteiger partial charge in [0, 0.05) is 12.0 Å². The van der Waals surface area contributed by atoms with Crippen LogP contribution >= 0.6 is 0 Å². The van der Waals surface area contributed by atoms with Crippen LogP contribution in [0, 0.1) is 0 Å². The summed E-state index contributed by atoms with van der Waals surface area (Å²) in [6, 6.07) is 16.6. The van der Waals surface area contributed by atoms with Crippen molar-refractivity contribution in [3.63, 3.8) is 0 Å². The van der Waals surface area contributed by atoms with Crippen molar-refractivity contribution in [1.29, 1.82) is 0 Å². The normalized spacial score (nSPS) is 16.5. The number of fused-ring (bicyclic) bond motifs is 1. The van der Waals surface area contributed by atoms with Crippen molar-refractivity contribution in [2.75, 3.05) is 6.61 Å². The molecule has 0 radical (unpaired) electrons. The molecule has 0 aliphatic carbocycles. The van der Waals surface area contributed by atoms with Crippen LogP contribution in [0.4, 0.5) is 0 Å². The molecule has 1 atom stereocenters. The van der Waals surface area contributed by atoms with E-state index in [4.69, 9.17) is 10.5 Å². The Balaban J connectivity index is 2.16. The Kier molecular flexibility index (Phi) is 3.03. The van der Waals surface area contributed by atoms with E-state index in [2.05, 4.69) is 37.3 Å². The Morgan fingerprint density at radius 1 is 1.11 bits per heavy atom. The molecule has 19 heavy (non-hydrogen) atoms. The number of benzene rings is 2. The number of rotatable bonds is 3. The number of hydrogen-bond acceptors (Lipinski definition) is 2. The van der Waals surface area contributed by atoms with Crippen molar-refractivity contribution < 1.29 is 4.74 Å². The predicted octanol–water partition coefficient (Wildman–Crippen LogP) is 3.23. The lowest BCUT2D eigenvalue weighted by Gasteiger charge is -2.30. The van der Waals surface area contributed by atoms with Crippen LogP contribution in [0.2, 0.25) is 0 Å². The van der Waals surface area contributed by atoms with Crippen molar-refractivity contribution in [3.05, 3.63) is 65.2 Å². The van der Waals surface area contributed by atoms with Crippen LogP contribution in [0.3, 0.4) is 0 Å². The molecule has 1 aliphatic heterocycles. The number of ether oxygens (including phenoxy) is 1. The average molecular weight is 253 g/mol. The molecule has 0 fully saturated rings. The maximum atomic E-state index is 6.73. The van der Waals surface area contributed by atoms with Gasteiger partial charge in [0.2, 0.25) is 0 Å². The zero-order chi connectivity index (χ0) is 13.3. The topological polar surface area (TPSA) is 35.2 Å². The molecule has 2 aromatic rings. The van der Waals surface area contributed by atoms with Crippen LogP contribution in [-0.2, 0) is 12.0 Å². The van der Waals surface area contributed by atoms with E-state index in [-0.39, 0.29) is 0 Å². The fraction of sp³-hybridized carbons (Fsp3) is 0.294. The first-order valence-corrected chi connectivity index (χ1v) is 6.85. The van der Waals surface area contributed by atoms with Crippen LogP contribution in [-0.4, -0.2) is 6.61 Å². The lowest BCUT2D eigenvalue weighted by atomic mass is 9.80.